The summed E-state index contributed by atoms with van der Waals surface area (Å²) in [6.07, 6.45) is 1.95. The molecule has 2 aliphatic heterocycles. The summed E-state index contributed by atoms with van der Waals surface area (Å²) in [7, 11) is 1.24. The third kappa shape index (κ3) is 2.89. The van der Waals surface area contributed by atoms with Crippen LogP contribution in [0, 0.1) is 0 Å². The first-order valence-electron chi connectivity index (χ1n) is 10.1. The number of likely N-dealkylation sites (tertiary alicyclic amines) is 1. The summed E-state index contributed by atoms with van der Waals surface area (Å²) in [5.41, 5.74) is 3.01. The Morgan fingerprint density at radius 1 is 1.13 bits per heavy atom. The minimum absolute atomic E-state index is 0.00354. The molecule has 4 heterocycles. The molecule has 0 spiro atoms. The van der Waals surface area contributed by atoms with Crippen LogP contribution in [0.15, 0.2) is 41.2 Å². The summed E-state index contributed by atoms with van der Waals surface area (Å²) in [6.45, 7) is 1.77. The number of ether oxygens (including phenoxy) is 1. The number of aromatic nitrogens is 2. The second-order valence-corrected chi connectivity index (χ2v) is 7.77. The molecule has 3 aromatic rings. The van der Waals surface area contributed by atoms with Crippen LogP contribution in [-0.2, 0) is 22.5 Å². The summed E-state index contributed by atoms with van der Waals surface area (Å²) in [4.78, 5) is 45.0. The number of carbonyl (C=O) groups is 2. The van der Waals surface area contributed by atoms with Crippen molar-refractivity contribution >= 4 is 22.8 Å². The molecule has 7 nitrogen and oxygen atoms in total. The molecule has 152 valence electrons. The molecule has 1 saturated heterocycles. The van der Waals surface area contributed by atoms with Crippen LogP contribution >= 0.6 is 0 Å². The Bertz CT molecular complexity index is 1260. The molecule has 0 bridgehead atoms. The van der Waals surface area contributed by atoms with E-state index < -0.39 is 11.5 Å². The van der Waals surface area contributed by atoms with E-state index in [1.54, 1.807) is 15.5 Å². The highest BCUT2D eigenvalue weighted by atomic mass is 16.5. The molecule has 0 atom stereocenters. The molecule has 5 rings (SSSR count). The van der Waals surface area contributed by atoms with Crippen molar-refractivity contribution in [2.75, 3.05) is 20.2 Å². The first-order valence-corrected chi connectivity index (χ1v) is 10.1. The van der Waals surface area contributed by atoms with Gasteiger partial charge < -0.3 is 14.2 Å². The van der Waals surface area contributed by atoms with Gasteiger partial charge in [0.2, 0.25) is 5.91 Å². The van der Waals surface area contributed by atoms with Crippen LogP contribution in [0.2, 0.25) is 0 Å². The van der Waals surface area contributed by atoms with Crippen LogP contribution in [0.25, 0.3) is 22.3 Å². The van der Waals surface area contributed by atoms with Gasteiger partial charge in [-0.05, 0) is 36.6 Å². The summed E-state index contributed by atoms with van der Waals surface area (Å²) in [5, 5.41) is 0.995. The Labute approximate surface area is 172 Å². The van der Waals surface area contributed by atoms with Gasteiger partial charge in [0.25, 0.3) is 5.56 Å². The lowest BCUT2D eigenvalue weighted by Gasteiger charge is -2.17. The number of methoxy groups -OCH3 is 1. The molecule has 0 unspecified atom stereocenters. The Kier molecular flexibility index (Phi) is 4.38. The van der Waals surface area contributed by atoms with Crippen LogP contribution in [0.4, 0.5) is 0 Å². The minimum Gasteiger partial charge on any atom is -0.465 e. The summed E-state index contributed by atoms with van der Waals surface area (Å²) in [5.74, 6) is -0.791. The van der Waals surface area contributed by atoms with Crippen molar-refractivity contribution in [1.82, 2.24) is 14.5 Å². The van der Waals surface area contributed by atoms with Gasteiger partial charge in [-0.1, -0.05) is 18.2 Å². The van der Waals surface area contributed by atoms with E-state index in [0.717, 1.165) is 35.0 Å². The number of rotatable bonds is 3. The van der Waals surface area contributed by atoms with Gasteiger partial charge in [-0.2, -0.15) is 0 Å². The highest BCUT2D eigenvalue weighted by molar-refractivity contribution is 5.94. The number of esters is 1. The maximum absolute atomic E-state index is 13.3. The molecule has 2 aromatic heterocycles. The molecular weight excluding hydrogens is 382 g/mol. The molecule has 0 aliphatic carbocycles. The van der Waals surface area contributed by atoms with Gasteiger partial charge in [-0.25, -0.2) is 9.78 Å². The molecular formula is C23H21N3O4. The smallest absolute Gasteiger partial charge is 0.343 e. The SMILES string of the molecule is COC(=O)c1c(CC(=O)N2CCCC2)cc2n(c1=O)Cc1cc3ccccc3nc1-2. The van der Waals surface area contributed by atoms with Crippen LogP contribution < -0.4 is 5.56 Å². The van der Waals surface area contributed by atoms with Crippen LogP contribution in [-0.4, -0.2) is 46.5 Å². The van der Waals surface area contributed by atoms with Crippen LogP contribution in [0.1, 0.15) is 34.3 Å². The fourth-order valence-corrected chi connectivity index (χ4v) is 4.42. The van der Waals surface area contributed by atoms with Gasteiger partial charge >= 0.3 is 5.97 Å². The average Bonchev–Trinajstić information content (AvgIpc) is 3.40. The molecule has 0 N–H and O–H groups in total. The maximum atomic E-state index is 13.3. The van der Waals surface area contributed by atoms with E-state index in [2.05, 4.69) is 0 Å². The van der Waals surface area contributed by atoms with Crippen molar-refractivity contribution in [1.29, 1.82) is 0 Å². The third-order valence-corrected chi connectivity index (χ3v) is 5.95. The largest absolute Gasteiger partial charge is 0.465 e. The third-order valence-electron chi connectivity index (χ3n) is 5.95. The lowest BCUT2D eigenvalue weighted by atomic mass is 10.0. The van der Waals surface area contributed by atoms with E-state index in [0.29, 0.717) is 30.9 Å². The number of carbonyl (C=O) groups excluding carboxylic acids is 2. The molecule has 0 saturated carbocycles. The molecule has 2 aliphatic rings. The average molecular weight is 403 g/mol. The second-order valence-electron chi connectivity index (χ2n) is 7.77. The summed E-state index contributed by atoms with van der Waals surface area (Å²) in [6, 6.07) is 11.6. The quantitative estimate of drug-likeness (QED) is 0.491. The van der Waals surface area contributed by atoms with Crippen molar-refractivity contribution in [3.8, 4) is 11.4 Å². The maximum Gasteiger partial charge on any atom is 0.343 e. The molecule has 1 amide bonds. The molecule has 1 aromatic carbocycles. The number of hydrogen-bond donors (Lipinski definition) is 0. The number of benzene rings is 1. The lowest BCUT2D eigenvalue weighted by Crippen LogP contribution is -2.33. The molecule has 7 heteroatoms. The monoisotopic (exact) mass is 403 g/mol. The van der Waals surface area contributed by atoms with Crippen molar-refractivity contribution in [3.63, 3.8) is 0 Å². The number of nitrogens with zero attached hydrogens (tertiary/aromatic N) is 3. The normalized spacial score (nSPS) is 14.6. The van der Waals surface area contributed by atoms with Crippen LogP contribution in [0.3, 0.4) is 0 Å². The van der Waals surface area contributed by atoms with Crippen molar-refractivity contribution in [2.45, 2.75) is 25.8 Å². The number of para-hydroxylation sites is 1. The van der Waals surface area contributed by atoms with Gasteiger partial charge in [0.1, 0.15) is 5.56 Å². The number of hydrogen-bond acceptors (Lipinski definition) is 5. The van der Waals surface area contributed by atoms with E-state index in [-0.39, 0.29) is 17.9 Å². The van der Waals surface area contributed by atoms with Crippen molar-refractivity contribution < 1.29 is 14.3 Å². The Hall–Kier alpha value is -3.48. The lowest BCUT2D eigenvalue weighted by molar-refractivity contribution is -0.129. The Morgan fingerprint density at radius 3 is 2.67 bits per heavy atom. The topological polar surface area (TPSA) is 81.5 Å². The molecule has 30 heavy (non-hydrogen) atoms. The van der Waals surface area contributed by atoms with E-state index >= 15 is 0 Å². The van der Waals surface area contributed by atoms with E-state index in [1.807, 2.05) is 30.3 Å². The van der Waals surface area contributed by atoms with Crippen LogP contribution in [0.5, 0.6) is 0 Å². The number of amides is 1. The van der Waals surface area contributed by atoms with E-state index in [1.165, 1.54) is 7.11 Å². The highest BCUT2D eigenvalue weighted by Gasteiger charge is 2.29. The zero-order valence-corrected chi connectivity index (χ0v) is 16.7. The van der Waals surface area contributed by atoms with Gasteiger partial charge in [0.05, 0.1) is 37.0 Å². The van der Waals surface area contributed by atoms with E-state index in [9.17, 15) is 14.4 Å². The first-order chi connectivity index (χ1) is 14.6. The predicted octanol–water partition coefficient (Wildman–Crippen LogP) is 2.38. The molecule has 0 radical (unpaired) electrons. The Balaban J connectivity index is 1.65. The minimum atomic E-state index is -0.714. The van der Waals surface area contributed by atoms with Gasteiger partial charge in [-0.3, -0.25) is 9.59 Å². The number of fused-ring (bicyclic) bond motifs is 4. The van der Waals surface area contributed by atoms with Gasteiger partial charge in [0, 0.05) is 24.0 Å². The molecule has 1 fully saturated rings. The summed E-state index contributed by atoms with van der Waals surface area (Å²) >= 11 is 0. The zero-order valence-electron chi connectivity index (χ0n) is 16.7. The van der Waals surface area contributed by atoms with Crippen molar-refractivity contribution in [3.05, 3.63) is 63.4 Å². The number of pyridine rings is 2. The predicted molar refractivity (Wildman–Crippen MR) is 111 cm³/mol. The van der Waals surface area contributed by atoms with Gasteiger partial charge in [0.15, 0.2) is 0 Å². The fraction of sp³-hybridized carbons (Fsp3) is 0.304. The van der Waals surface area contributed by atoms with Crippen molar-refractivity contribution in [2.24, 2.45) is 0 Å². The second kappa shape index (κ2) is 7.09. The van der Waals surface area contributed by atoms with Gasteiger partial charge in [-0.15, -0.1) is 0 Å². The first kappa shape index (κ1) is 18.5. The van der Waals surface area contributed by atoms with E-state index in [4.69, 9.17) is 9.72 Å². The highest BCUT2D eigenvalue weighted by Crippen LogP contribution is 2.32. The summed E-state index contributed by atoms with van der Waals surface area (Å²) < 4.78 is 6.42. The fourth-order valence-electron chi connectivity index (χ4n) is 4.42. The Morgan fingerprint density at radius 2 is 1.90 bits per heavy atom. The standard InChI is InChI=1S/C23H21N3O4/c1-30-23(29)20-15(12-19(27)25-8-4-5-9-25)11-18-21-16(13-26(18)22(20)28)10-14-6-2-3-7-17(14)24-21/h2-3,6-7,10-11H,4-5,8-9,12-13H2,1H3. The zero-order chi connectivity index (χ0) is 20.8.